The third kappa shape index (κ3) is 6.14. The number of carbonyl (C=O) groups excluding carboxylic acids is 1. The van der Waals surface area contributed by atoms with Gasteiger partial charge in [0.05, 0.1) is 18.7 Å². The Kier molecular flexibility index (Phi) is 7.85. The molecule has 0 aliphatic carbocycles. The molecule has 0 spiro atoms. The summed E-state index contributed by atoms with van der Waals surface area (Å²) in [6.07, 6.45) is 1.10. The Labute approximate surface area is 201 Å². The molecule has 2 aliphatic rings. The summed E-state index contributed by atoms with van der Waals surface area (Å²) in [6, 6.07) is 5.95. The Morgan fingerprint density at radius 1 is 1.21 bits per heavy atom. The van der Waals surface area contributed by atoms with E-state index in [0.717, 1.165) is 56.4 Å². The average molecular weight is 474 g/mol. The number of H-pyrrole nitrogens is 1. The van der Waals surface area contributed by atoms with Crippen LogP contribution >= 0.6 is 0 Å². The molecule has 1 amide bonds. The first-order valence-electron chi connectivity index (χ1n) is 12.1. The largest absolute Gasteiger partial charge is 0.491 e. The average Bonchev–Trinajstić information content (AvgIpc) is 3.18. The minimum atomic E-state index is -0.787. The number of benzene rings is 1. The van der Waals surface area contributed by atoms with Crippen molar-refractivity contribution >= 4 is 5.91 Å². The molecule has 9 heteroatoms. The number of ether oxygens (including phenoxy) is 2. The van der Waals surface area contributed by atoms with Crippen LogP contribution in [0, 0.1) is 12.7 Å². The fourth-order valence-corrected chi connectivity index (χ4v) is 4.59. The van der Waals surface area contributed by atoms with E-state index in [4.69, 9.17) is 14.5 Å². The molecule has 4 rings (SSSR count). The molecule has 0 radical (unpaired) electrons. The lowest BCUT2D eigenvalue weighted by molar-refractivity contribution is -0.158. The number of nitrogens with zero attached hydrogens (tertiary/aromatic N) is 4. The molecule has 2 aromatic rings. The summed E-state index contributed by atoms with van der Waals surface area (Å²) in [5, 5.41) is 0. The molecule has 2 fully saturated rings. The third-order valence-corrected chi connectivity index (χ3v) is 6.72. The topological polar surface area (TPSA) is 73.9 Å². The normalized spacial score (nSPS) is 22.2. The van der Waals surface area contributed by atoms with Crippen LogP contribution in [0.3, 0.4) is 0 Å². The Bertz CT molecular complexity index is 958. The zero-order valence-corrected chi connectivity index (χ0v) is 20.5. The highest BCUT2D eigenvalue weighted by Gasteiger charge is 2.41. The SMILES string of the molecule is CCc1nc(CN2CCO[C@](COc3ccc(F)cc3)(CC(=O)N3CCN(C)CC3)C2)c(C)[nH]1. The molecule has 1 N–H and O–H groups in total. The molecule has 1 atom stereocenters. The van der Waals surface area contributed by atoms with Crippen LogP contribution in [-0.2, 0) is 22.5 Å². The second-order valence-corrected chi connectivity index (χ2v) is 9.45. The summed E-state index contributed by atoms with van der Waals surface area (Å²) in [5.74, 6) is 1.32. The van der Waals surface area contributed by atoms with Crippen LogP contribution in [0.4, 0.5) is 4.39 Å². The summed E-state index contributed by atoms with van der Waals surface area (Å²) in [6.45, 7) is 10.0. The number of piperazine rings is 1. The lowest BCUT2D eigenvalue weighted by Gasteiger charge is -2.43. The fourth-order valence-electron chi connectivity index (χ4n) is 4.59. The van der Waals surface area contributed by atoms with Gasteiger partial charge >= 0.3 is 0 Å². The van der Waals surface area contributed by atoms with E-state index in [1.807, 2.05) is 11.8 Å². The number of aromatic amines is 1. The Morgan fingerprint density at radius 2 is 1.94 bits per heavy atom. The van der Waals surface area contributed by atoms with Crippen LogP contribution in [0.1, 0.15) is 30.6 Å². The van der Waals surface area contributed by atoms with Gasteiger partial charge in [-0.15, -0.1) is 0 Å². The molecule has 1 aromatic heterocycles. The van der Waals surface area contributed by atoms with Gasteiger partial charge in [-0.05, 0) is 38.2 Å². The lowest BCUT2D eigenvalue weighted by Crippen LogP contribution is -2.58. The number of morpholine rings is 1. The van der Waals surface area contributed by atoms with Crippen LogP contribution in [0.5, 0.6) is 5.75 Å². The quantitative estimate of drug-likeness (QED) is 0.634. The number of halogens is 1. The van der Waals surface area contributed by atoms with E-state index >= 15 is 0 Å². The number of rotatable bonds is 8. The monoisotopic (exact) mass is 473 g/mol. The van der Waals surface area contributed by atoms with Crippen LogP contribution < -0.4 is 4.74 Å². The molecule has 0 bridgehead atoms. The molecule has 8 nitrogen and oxygen atoms in total. The molecule has 34 heavy (non-hydrogen) atoms. The molecule has 2 aliphatic heterocycles. The van der Waals surface area contributed by atoms with Crippen LogP contribution in [0.2, 0.25) is 0 Å². The van der Waals surface area contributed by atoms with Gasteiger partial charge in [0.25, 0.3) is 0 Å². The summed E-state index contributed by atoms with van der Waals surface area (Å²) >= 11 is 0. The Balaban J connectivity index is 1.48. The van der Waals surface area contributed by atoms with Crippen LogP contribution in [0.25, 0.3) is 0 Å². The zero-order chi connectivity index (χ0) is 24.1. The van der Waals surface area contributed by atoms with Crippen molar-refractivity contribution in [2.24, 2.45) is 0 Å². The molecule has 2 saturated heterocycles. The van der Waals surface area contributed by atoms with Gasteiger partial charge in [0, 0.05) is 57.9 Å². The predicted molar refractivity (Wildman–Crippen MR) is 127 cm³/mol. The van der Waals surface area contributed by atoms with Crippen molar-refractivity contribution in [3.63, 3.8) is 0 Å². The van der Waals surface area contributed by atoms with Gasteiger partial charge < -0.3 is 24.3 Å². The van der Waals surface area contributed by atoms with Gasteiger partial charge in [-0.25, -0.2) is 9.37 Å². The van der Waals surface area contributed by atoms with E-state index in [0.29, 0.717) is 25.4 Å². The van der Waals surface area contributed by atoms with E-state index in [1.165, 1.54) is 12.1 Å². The van der Waals surface area contributed by atoms with Crippen molar-refractivity contribution in [1.29, 1.82) is 0 Å². The number of imidazole rings is 1. The first kappa shape index (κ1) is 24.6. The van der Waals surface area contributed by atoms with Crippen molar-refractivity contribution in [1.82, 2.24) is 24.7 Å². The maximum absolute atomic E-state index is 13.3. The van der Waals surface area contributed by atoms with Crippen molar-refractivity contribution in [3.8, 4) is 5.75 Å². The highest BCUT2D eigenvalue weighted by molar-refractivity contribution is 5.77. The van der Waals surface area contributed by atoms with Crippen molar-refractivity contribution < 1.29 is 18.7 Å². The van der Waals surface area contributed by atoms with Crippen LogP contribution in [0.15, 0.2) is 24.3 Å². The predicted octanol–water partition coefficient (Wildman–Crippen LogP) is 2.23. The van der Waals surface area contributed by atoms with Crippen molar-refractivity contribution in [2.75, 3.05) is 59.5 Å². The molecule has 186 valence electrons. The molecule has 0 saturated carbocycles. The number of hydrogen-bond acceptors (Lipinski definition) is 6. The standard InChI is InChI=1S/C25H36FN5O3/c1-4-23-27-19(2)22(28-23)16-30-13-14-34-25(17-30,18-33-21-7-5-20(26)6-8-21)15-24(32)31-11-9-29(3)10-12-31/h5-8H,4,9-18H2,1-3H3,(H,27,28)/t25-/m1/s1. The van der Waals surface area contributed by atoms with E-state index in [2.05, 4.69) is 28.8 Å². The molecule has 0 unspecified atom stereocenters. The number of amides is 1. The number of hydrogen-bond donors (Lipinski definition) is 1. The minimum Gasteiger partial charge on any atom is -0.491 e. The Hall–Kier alpha value is -2.49. The number of aromatic nitrogens is 2. The zero-order valence-electron chi connectivity index (χ0n) is 20.5. The van der Waals surface area contributed by atoms with E-state index in [1.54, 1.807) is 12.1 Å². The van der Waals surface area contributed by atoms with Crippen molar-refractivity contribution in [3.05, 3.63) is 47.3 Å². The van der Waals surface area contributed by atoms with Gasteiger partial charge in [-0.2, -0.15) is 0 Å². The summed E-state index contributed by atoms with van der Waals surface area (Å²) in [4.78, 5) is 27.8. The van der Waals surface area contributed by atoms with Crippen LogP contribution in [-0.4, -0.2) is 95.7 Å². The highest BCUT2D eigenvalue weighted by atomic mass is 19.1. The van der Waals surface area contributed by atoms with Gasteiger partial charge in [0.2, 0.25) is 5.91 Å². The van der Waals surface area contributed by atoms with Gasteiger partial charge in [-0.3, -0.25) is 9.69 Å². The van der Waals surface area contributed by atoms with E-state index in [-0.39, 0.29) is 24.8 Å². The van der Waals surface area contributed by atoms with Gasteiger partial charge in [0.1, 0.15) is 29.6 Å². The number of likely N-dealkylation sites (N-methyl/N-ethyl adjacent to an activating group) is 1. The third-order valence-electron chi connectivity index (χ3n) is 6.72. The first-order chi connectivity index (χ1) is 16.4. The minimum absolute atomic E-state index is 0.0851. The van der Waals surface area contributed by atoms with Gasteiger partial charge in [-0.1, -0.05) is 6.92 Å². The molecular weight excluding hydrogens is 437 g/mol. The molecular formula is C25H36FN5O3. The highest BCUT2D eigenvalue weighted by Crippen LogP contribution is 2.27. The van der Waals surface area contributed by atoms with Crippen molar-refractivity contribution in [2.45, 2.75) is 38.8 Å². The lowest BCUT2D eigenvalue weighted by atomic mass is 9.96. The number of aryl methyl sites for hydroxylation is 2. The second-order valence-electron chi connectivity index (χ2n) is 9.45. The maximum atomic E-state index is 13.3. The number of nitrogens with one attached hydrogen (secondary N) is 1. The maximum Gasteiger partial charge on any atom is 0.225 e. The Morgan fingerprint density at radius 3 is 2.62 bits per heavy atom. The summed E-state index contributed by atoms with van der Waals surface area (Å²) in [5.41, 5.74) is 1.31. The molecule has 1 aromatic carbocycles. The smallest absolute Gasteiger partial charge is 0.225 e. The van der Waals surface area contributed by atoms with E-state index in [9.17, 15) is 9.18 Å². The van der Waals surface area contributed by atoms with Gasteiger partial charge in [0.15, 0.2) is 0 Å². The summed E-state index contributed by atoms with van der Waals surface area (Å²) in [7, 11) is 2.07. The second kappa shape index (κ2) is 10.8. The van der Waals surface area contributed by atoms with E-state index < -0.39 is 5.60 Å². The first-order valence-corrected chi connectivity index (χ1v) is 12.1. The summed E-state index contributed by atoms with van der Waals surface area (Å²) < 4.78 is 25.7. The number of carbonyl (C=O) groups is 1. The fraction of sp³-hybridized carbons (Fsp3) is 0.600. The molecule has 3 heterocycles.